The fraction of sp³-hybridized carbons (Fsp3) is 0.923. The van der Waals surface area contributed by atoms with E-state index in [1.165, 1.54) is 0 Å². The maximum Gasteiger partial charge on any atom is 0.459 e. The molecule has 5 heteroatoms. The van der Waals surface area contributed by atoms with Gasteiger partial charge >= 0.3 is 7.12 Å². The number of nitrogens with zero attached hydrogens (tertiary/aromatic N) is 1. The van der Waals surface area contributed by atoms with Crippen molar-refractivity contribution in [3.05, 3.63) is 0 Å². The van der Waals surface area contributed by atoms with Gasteiger partial charge in [-0.2, -0.15) is 5.26 Å². The molecule has 0 unspecified atom stereocenters. The molecule has 0 saturated carbocycles. The van der Waals surface area contributed by atoms with Gasteiger partial charge in [0.1, 0.15) is 0 Å². The van der Waals surface area contributed by atoms with E-state index in [2.05, 4.69) is 6.07 Å². The molecular weight excluding hydrogens is 229 g/mol. The lowest BCUT2D eigenvalue weighted by atomic mass is 9.65. The van der Waals surface area contributed by atoms with Crippen molar-refractivity contribution >= 4 is 7.12 Å². The van der Waals surface area contributed by atoms with E-state index in [0.717, 1.165) is 12.8 Å². The molecule has 2 rings (SSSR count). The number of nitriles is 1. The van der Waals surface area contributed by atoms with Crippen LogP contribution in [0.3, 0.4) is 0 Å². The van der Waals surface area contributed by atoms with Crippen LogP contribution < -0.4 is 0 Å². The summed E-state index contributed by atoms with van der Waals surface area (Å²) in [4.78, 5) is 0. The molecule has 100 valence electrons. The molecule has 0 radical (unpaired) electrons. The summed E-state index contributed by atoms with van der Waals surface area (Å²) in [7, 11) is -0.284. The molecule has 0 N–H and O–H groups in total. The molecule has 4 nitrogen and oxygen atoms in total. The maximum absolute atomic E-state index is 9.45. The second-order valence-electron chi connectivity index (χ2n) is 6.39. The zero-order chi connectivity index (χ0) is 13.4. The first-order valence-corrected chi connectivity index (χ1v) is 6.65. The van der Waals surface area contributed by atoms with Gasteiger partial charge in [-0.3, -0.25) is 0 Å². The third kappa shape index (κ3) is 2.42. The number of hydrogen-bond acceptors (Lipinski definition) is 4. The molecule has 0 bridgehead atoms. The summed E-state index contributed by atoms with van der Waals surface area (Å²) >= 11 is 0. The van der Waals surface area contributed by atoms with Crippen LogP contribution in [0.15, 0.2) is 0 Å². The molecule has 2 aliphatic rings. The molecule has 0 aromatic heterocycles. The summed E-state index contributed by atoms with van der Waals surface area (Å²) in [5.74, 6) is 0. The van der Waals surface area contributed by atoms with Gasteiger partial charge < -0.3 is 14.0 Å². The highest BCUT2D eigenvalue weighted by atomic mass is 16.7. The lowest BCUT2D eigenvalue weighted by Crippen LogP contribution is -2.41. The van der Waals surface area contributed by atoms with Gasteiger partial charge in [-0.05, 0) is 40.5 Å². The Morgan fingerprint density at radius 2 is 1.56 bits per heavy atom. The first kappa shape index (κ1) is 13.9. The maximum atomic E-state index is 9.45. The number of ether oxygens (including phenoxy) is 1. The summed E-state index contributed by atoms with van der Waals surface area (Å²) in [6.07, 6.45) is 2.18. The van der Waals surface area contributed by atoms with Crippen LogP contribution in [0, 0.1) is 16.7 Å². The van der Waals surface area contributed by atoms with Crippen LogP contribution >= 0.6 is 0 Å². The lowest BCUT2D eigenvalue weighted by molar-refractivity contribution is 0.00578. The third-order valence-corrected chi connectivity index (χ3v) is 4.55. The van der Waals surface area contributed by atoms with Crippen LogP contribution in [0.5, 0.6) is 0 Å². The number of hydrogen-bond donors (Lipinski definition) is 0. The van der Waals surface area contributed by atoms with Gasteiger partial charge in [-0.1, -0.05) is 0 Å². The standard InChI is InChI=1S/C13H22BNO3/c1-11(2)12(3,4)18-14(17-11)9-13(10-15)5-7-16-8-6-13/h5-9H2,1-4H3. The van der Waals surface area contributed by atoms with Crippen LogP contribution in [0.25, 0.3) is 0 Å². The van der Waals surface area contributed by atoms with Crippen LogP contribution in [0.1, 0.15) is 40.5 Å². The van der Waals surface area contributed by atoms with E-state index in [1.807, 2.05) is 27.7 Å². The Kier molecular flexibility index (Phi) is 3.48. The molecule has 18 heavy (non-hydrogen) atoms. The summed E-state index contributed by atoms with van der Waals surface area (Å²) < 4.78 is 17.3. The van der Waals surface area contributed by atoms with Gasteiger partial charge in [0.15, 0.2) is 0 Å². The monoisotopic (exact) mass is 251 g/mol. The molecule has 2 heterocycles. The largest absolute Gasteiger partial charge is 0.459 e. The fourth-order valence-electron chi connectivity index (χ4n) is 2.49. The quantitative estimate of drug-likeness (QED) is 0.707. The molecule has 0 aromatic carbocycles. The Bertz CT molecular complexity index is 340. The lowest BCUT2D eigenvalue weighted by Gasteiger charge is -2.32. The molecule has 0 aliphatic carbocycles. The van der Waals surface area contributed by atoms with Crippen LogP contribution in [0.4, 0.5) is 0 Å². The SMILES string of the molecule is CC1(C)OB(CC2(C#N)CCOCC2)OC1(C)C. The van der Waals surface area contributed by atoms with E-state index >= 15 is 0 Å². The first-order valence-electron chi connectivity index (χ1n) is 6.65. The zero-order valence-corrected chi connectivity index (χ0v) is 11.8. The Morgan fingerprint density at radius 1 is 1.06 bits per heavy atom. The molecular formula is C13H22BNO3. The molecule has 2 fully saturated rings. The molecule has 0 amide bonds. The van der Waals surface area contributed by atoms with Crippen LogP contribution in [-0.4, -0.2) is 31.5 Å². The van der Waals surface area contributed by atoms with E-state index in [9.17, 15) is 5.26 Å². The van der Waals surface area contributed by atoms with Crippen molar-refractivity contribution in [1.82, 2.24) is 0 Å². The number of rotatable bonds is 2. The Hall–Kier alpha value is -0.565. The highest BCUT2D eigenvalue weighted by Crippen LogP contribution is 2.43. The summed E-state index contributed by atoms with van der Waals surface area (Å²) in [5, 5.41) is 9.45. The fourth-order valence-corrected chi connectivity index (χ4v) is 2.49. The van der Waals surface area contributed by atoms with E-state index in [-0.39, 0.29) is 23.7 Å². The van der Waals surface area contributed by atoms with Gasteiger partial charge in [0.25, 0.3) is 0 Å². The minimum absolute atomic E-state index is 0.284. The van der Waals surface area contributed by atoms with Crippen LogP contribution in [-0.2, 0) is 14.0 Å². The predicted octanol–water partition coefficient (Wildman–Crippen LogP) is 2.40. The normalized spacial score (nSPS) is 28.9. The van der Waals surface area contributed by atoms with Crippen molar-refractivity contribution < 1.29 is 14.0 Å². The van der Waals surface area contributed by atoms with Gasteiger partial charge in [-0.25, -0.2) is 0 Å². The smallest absolute Gasteiger partial charge is 0.403 e. The van der Waals surface area contributed by atoms with Gasteiger partial charge in [-0.15, -0.1) is 0 Å². The average Bonchev–Trinajstić information content (AvgIpc) is 2.48. The van der Waals surface area contributed by atoms with E-state index in [4.69, 9.17) is 14.0 Å². The molecule has 2 aliphatic heterocycles. The molecule has 0 atom stereocenters. The summed E-state index contributed by atoms with van der Waals surface area (Å²) in [6, 6.07) is 2.46. The third-order valence-electron chi connectivity index (χ3n) is 4.55. The minimum Gasteiger partial charge on any atom is -0.403 e. The Labute approximate surface area is 110 Å². The second kappa shape index (κ2) is 4.52. The van der Waals surface area contributed by atoms with Gasteiger partial charge in [0.2, 0.25) is 0 Å². The average molecular weight is 251 g/mol. The summed E-state index contributed by atoms with van der Waals surface area (Å²) in [6.45, 7) is 9.47. The van der Waals surface area contributed by atoms with Gasteiger partial charge in [0.05, 0.1) is 22.7 Å². The predicted molar refractivity (Wildman–Crippen MR) is 69.0 cm³/mol. The van der Waals surface area contributed by atoms with Crippen molar-refractivity contribution in [1.29, 1.82) is 5.26 Å². The molecule has 2 saturated heterocycles. The van der Waals surface area contributed by atoms with E-state index in [0.29, 0.717) is 19.5 Å². The molecule has 0 aromatic rings. The van der Waals surface area contributed by atoms with E-state index < -0.39 is 0 Å². The highest BCUT2D eigenvalue weighted by molar-refractivity contribution is 6.45. The second-order valence-corrected chi connectivity index (χ2v) is 6.39. The van der Waals surface area contributed by atoms with Crippen molar-refractivity contribution in [3.63, 3.8) is 0 Å². The Balaban J connectivity index is 2.05. The topological polar surface area (TPSA) is 51.5 Å². The summed E-state index contributed by atoms with van der Waals surface area (Å²) in [5.41, 5.74) is -0.988. The Morgan fingerprint density at radius 3 is 2.00 bits per heavy atom. The van der Waals surface area contributed by atoms with Crippen molar-refractivity contribution in [3.8, 4) is 6.07 Å². The van der Waals surface area contributed by atoms with Crippen molar-refractivity contribution in [2.75, 3.05) is 13.2 Å². The first-order chi connectivity index (χ1) is 8.30. The van der Waals surface area contributed by atoms with E-state index in [1.54, 1.807) is 0 Å². The minimum atomic E-state index is -0.348. The van der Waals surface area contributed by atoms with Crippen molar-refractivity contribution in [2.24, 2.45) is 5.41 Å². The molecule has 0 spiro atoms. The van der Waals surface area contributed by atoms with Gasteiger partial charge in [0, 0.05) is 19.5 Å². The van der Waals surface area contributed by atoms with Crippen LogP contribution in [0.2, 0.25) is 6.32 Å². The highest BCUT2D eigenvalue weighted by Gasteiger charge is 2.53. The zero-order valence-electron chi connectivity index (χ0n) is 11.8. The van der Waals surface area contributed by atoms with Crippen molar-refractivity contribution in [2.45, 2.75) is 58.1 Å².